The molecule has 5 nitrogen and oxygen atoms in total. The third-order valence-electron chi connectivity index (χ3n) is 4.68. The number of benzene rings is 2. The van der Waals surface area contributed by atoms with Gasteiger partial charge in [0.1, 0.15) is 5.65 Å². The van der Waals surface area contributed by atoms with Gasteiger partial charge in [-0.1, -0.05) is 24.3 Å². The zero-order valence-electron chi connectivity index (χ0n) is 16.0. The van der Waals surface area contributed by atoms with Crippen LogP contribution in [-0.4, -0.2) is 17.8 Å². The van der Waals surface area contributed by atoms with Crippen LogP contribution in [0.25, 0.3) is 16.9 Å². The number of aromatic nitrogens is 2. The van der Waals surface area contributed by atoms with Gasteiger partial charge in [-0.25, -0.2) is 13.4 Å². The summed E-state index contributed by atoms with van der Waals surface area (Å²) >= 11 is 0. The predicted molar refractivity (Wildman–Crippen MR) is 112 cm³/mol. The van der Waals surface area contributed by atoms with E-state index in [0.717, 1.165) is 33.6 Å². The van der Waals surface area contributed by atoms with Crippen LogP contribution < -0.4 is 4.72 Å². The summed E-state index contributed by atoms with van der Waals surface area (Å²) in [5, 5.41) is 0. The second-order valence-corrected chi connectivity index (χ2v) is 8.70. The van der Waals surface area contributed by atoms with Gasteiger partial charge in [0.05, 0.1) is 10.6 Å². The summed E-state index contributed by atoms with van der Waals surface area (Å²) < 4.78 is 30.1. The van der Waals surface area contributed by atoms with Crippen molar-refractivity contribution < 1.29 is 8.42 Å². The largest absolute Gasteiger partial charge is 0.306 e. The van der Waals surface area contributed by atoms with Gasteiger partial charge in [0.2, 0.25) is 0 Å². The lowest BCUT2D eigenvalue weighted by Crippen LogP contribution is -2.14. The number of anilines is 1. The minimum atomic E-state index is -3.64. The quantitative estimate of drug-likeness (QED) is 0.547. The fraction of sp³-hybridized carbons (Fsp3) is 0.136. The Labute approximate surface area is 164 Å². The Morgan fingerprint density at radius 2 is 1.61 bits per heavy atom. The molecule has 0 aliphatic heterocycles. The van der Waals surface area contributed by atoms with Crippen LogP contribution in [0.15, 0.2) is 71.9 Å². The normalized spacial score (nSPS) is 11.7. The third-order valence-corrected chi connectivity index (χ3v) is 6.21. The SMILES string of the molecule is Cc1ccc(C)c(S(=O)(=O)Nc2ccc(-c3cn4ccc(C)cc4n3)cc2)c1. The number of aryl methyl sites for hydroxylation is 3. The molecule has 0 bridgehead atoms. The van der Waals surface area contributed by atoms with Crippen molar-refractivity contribution in [3.63, 3.8) is 0 Å². The van der Waals surface area contributed by atoms with Crippen molar-refractivity contribution in [3.8, 4) is 11.3 Å². The molecule has 2 aromatic carbocycles. The van der Waals surface area contributed by atoms with E-state index in [1.54, 1.807) is 25.1 Å². The molecule has 0 amide bonds. The molecule has 0 radical (unpaired) electrons. The van der Waals surface area contributed by atoms with Gasteiger partial charge in [0, 0.05) is 23.6 Å². The van der Waals surface area contributed by atoms with E-state index >= 15 is 0 Å². The minimum absolute atomic E-state index is 0.298. The van der Waals surface area contributed by atoms with Crippen LogP contribution in [0.4, 0.5) is 5.69 Å². The second-order valence-electron chi connectivity index (χ2n) is 7.05. The molecule has 0 fully saturated rings. The number of nitrogens with zero attached hydrogens (tertiary/aromatic N) is 2. The predicted octanol–water partition coefficient (Wildman–Crippen LogP) is 4.73. The average Bonchev–Trinajstić information content (AvgIpc) is 3.07. The summed E-state index contributed by atoms with van der Waals surface area (Å²) in [4.78, 5) is 4.94. The summed E-state index contributed by atoms with van der Waals surface area (Å²) in [5.41, 5.74) is 5.95. The first kappa shape index (κ1) is 18.3. The second kappa shape index (κ2) is 6.80. The van der Waals surface area contributed by atoms with Crippen molar-refractivity contribution in [2.75, 3.05) is 4.72 Å². The monoisotopic (exact) mass is 391 g/mol. The van der Waals surface area contributed by atoms with E-state index < -0.39 is 10.0 Å². The number of sulfonamides is 1. The Hall–Kier alpha value is -3.12. The van der Waals surface area contributed by atoms with Crippen molar-refractivity contribution in [1.82, 2.24) is 9.38 Å². The maximum atomic E-state index is 12.8. The number of rotatable bonds is 4. The van der Waals surface area contributed by atoms with Crippen molar-refractivity contribution in [2.45, 2.75) is 25.7 Å². The fourth-order valence-corrected chi connectivity index (χ4v) is 4.53. The highest BCUT2D eigenvalue weighted by atomic mass is 32.2. The van der Waals surface area contributed by atoms with Gasteiger partial charge >= 0.3 is 0 Å². The summed E-state index contributed by atoms with van der Waals surface area (Å²) in [6.45, 7) is 5.71. The smallest absolute Gasteiger partial charge is 0.262 e. The number of imidazole rings is 1. The van der Waals surface area contributed by atoms with Gasteiger partial charge in [-0.2, -0.15) is 0 Å². The molecule has 6 heteroatoms. The summed E-state index contributed by atoms with van der Waals surface area (Å²) in [6.07, 6.45) is 3.94. The number of hydrogen-bond donors (Lipinski definition) is 1. The van der Waals surface area contributed by atoms with E-state index in [0.29, 0.717) is 10.6 Å². The van der Waals surface area contributed by atoms with Crippen LogP contribution in [0.5, 0.6) is 0 Å². The molecule has 0 aliphatic rings. The summed E-state index contributed by atoms with van der Waals surface area (Å²) in [6, 6.07) is 16.7. The molecular weight excluding hydrogens is 370 g/mol. The van der Waals surface area contributed by atoms with Crippen LogP contribution >= 0.6 is 0 Å². The zero-order valence-corrected chi connectivity index (χ0v) is 16.8. The Bertz CT molecular complexity index is 1270. The van der Waals surface area contributed by atoms with Crippen molar-refractivity contribution in [1.29, 1.82) is 0 Å². The Morgan fingerprint density at radius 1 is 0.893 bits per heavy atom. The molecule has 142 valence electrons. The van der Waals surface area contributed by atoms with E-state index in [2.05, 4.69) is 9.71 Å². The number of nitrogens with one attached hydrogen (secondary N) is 1. The van der Waals surface area contributed by atoms with Gasteiger partial charge in [-0.3, -0.25) is 4.72 Å². The van der Waals surface area contributed by atoms with Crippen LogP contribution in [0.2, 0.25) is 0 Å². The van der Waals surface area contributed by atoms with Gasteiger partial charge in [0.25, 0.3) is 10.0 Å². The van der Waals surface area contributed by atoms with E-state index in [-0.39, 0.29) is 0 Å². The Balaban J connectivity index is 1.61. The first-order valence-corrected chi connectivity index (χ1v) is 10.5. The van der Waals surface area contributed by atoms with Gasteiger partial charge < -0.3 is 4.40 Å². The van der Waals surface area contributed by atoms with Crippen LogP contribution in [0.1, 0.15) is 16.7 Å². The Kier molecular flexibility index (Phi) is 4.43. The molecule has 4 rings (SSSR count). The molecule has 0 unspecified atom stereocenters. The first-order chi connectivity index (χ1) is 13.3. The average molecular weight is 391 g/mol. The fourth-order valence-electron chi connectivity index (χ4n) is 3.14. The number of pyridine rings is 1. The lowest BCUT2D eigenvalue weighted by Gasteiger charge is -2.11. The highest BCUT2D eigenvalue weighted by molar-refractivity contribution is 7.92. The van der Waals surface area contributed by atoms with Crippen LogP contribution in [0.3, 0.4) is 0 Å². The molecule has 4 aromatic rings. The highest BCUT2D eigenvalue weighted by Gasteiger charge is 2.17. The topological polar surface area (TPSA) is 63.5 Å². The molecule has 0 atom stereocenters. The van der Waals surface area contributed by atoms with E-state index in [1.165, 1.54) is 0 Å². The molecule has 28 heavy (non-hydrogen) atoms. The molecule has 0 saturated carbocycles. The maximum absolute atomic E-state index is 12.8. The van der Waals surface area contributed by atoms with Crippen LogP contribution in [-0.2, 0) is 10.0 Å². The Morgan fingerprint density at radius 3 is 2.36 bits per heavy atom. The lowest BCUT2D eigenvalue weighted by molar-refractivity contribution is 0.600. The molecule has 0 saturated heterocycles. The molecule has 1 N–H and O–H groups in total. The van der Waals surface area contributed by atoms with E-state index in [1.807, 2.05) is 67.0 Å². The van der Waals surface area contributed by atoms with Crippen LogP contribution in [0, 0.1) is 20.8 Å². The zero-order chi connectivity index (χ0) is 19.9. The molecule has 0 aliphatic carbocycles. The summed E-state index contributed by atoms with van der Waals surface area (Å²) in [5.74, 6) is 0. The van der Waals surface area contributed by atoms with E-state index in [4.69, 9.17) is 0 Å². The van der Waals surface area contributed by atoms with Crippen molar-refractivity contribution >= 4 is 21.4 Å². The first-order valence-electron chi connectivity index (χ1n) is 8.98. The molecule has 0 spiro atoms. The number of hydrogen-bond acceptors (Lipinski definition) is 3. The third kappa shape index (κ3) is 3.51. The lowest BCUT2D eigenvalue weighted by atomic mass is 10.1. The molecular formula is C22H21N3O2S. The van der Waals surface area contributed by atoms with Gasteiger partial charge in [0.15, 0.2) is 0 Å². The highest BCUT2D eigenvalue weighted by Crippen LogP contribution is 2.24. The van der Waals surface area contributed by atoms with E-state index in [9.17, 15) is 8.42 Å². The minimum Gasteiger partial charge on any atom is -0.306 e. The number of fused-ring (bicyclic) bond motifs is 1. The maximum Gasteiger partial charge on any atom is 0.262 e. The van der Waals surface area contributed by atoms with Crippen molar-refractivity contribution in [2.24, 2.45) is 0 Å². The summed E-state index contributed by atoms with van der Waals surface area (Å²) in [7, 11) is -3.64. The van der Waals surface area contributed by atoms with Crippen molar-refractivity contribution in [3.05, 3.63) is 83.7 Å². The standard InChI is InChI=1S/C22H21N3O2S/c1-15-4-5-17(3)21(12-15)28(26,27)24-19-8-6-18(7-9-19)20-14-25-11-10-16(2)13-22(25)23-20/h4-14,24H,1-3H3. The molecule has 2 aromatic heterocycles. The van der Waals surface area contributed by atoms with Gasteiger partial charge in [-0.05, 0) is 67.8 Å². The molecule has 2 heterocycles. The van der Waals surface area contributed by atoms with Gasteiger partial charge in [-0.15, -0.1) is 0 Å².